The first-order valence-corrected chi connectivity index (χ1v) is 8.28. The van der Waals surface area contributed by atoms with Gasteiger partial charge in [0.2, 0.25) is 0 Å². The number of rotatable bonds is 9. The minimum Gasteiger partial charge on any atom is -0.780 e. The minimum atomic E-state index is -4.97. The van der Waals surface area contributed by atoms with Crippen molar-refractivity contribution >= 4 is 7.82 Å². The first kappa shape index (κ1) is 19.8. The predicted octanol–water partition coefficient (Wildman–Crippen LogP) is -0.199. The standard InChI is InChI=1S/C14H23O4P.Li/c1-2-3-4-5-6-7-10-13-11-8-9-12-14(13)18-19(15,16)17;/h8-9,11-12H,2-7,10H2,1H3,(H2,15,16,17);/q;+1/p-2. The Morgan fingerprint density at radius 2 is 1.65 bits per heavy atom. The molecule has 1 aromatic rings. The third-order valence-corrected chi connectivity index (χ3v) is 3.40. The molecule has 0 N–H and O–H groups in total. The zero-order valence-electron chi connectivity index (χ0n) is 12.3. The van der Waals surface area contributed by atoms with Gasteiger partial charge in [0.1, 0.15) is 13.6 Å². The van der Waals surface area contributed by atoms with Crippen LogP contribution in [0.1, 0.15) is 51.0 Å². The summed E-state index contributed by atoms with van der Waals surface area (Å²) in [5, 5.41) is 0. The molecule has 0 amide bonds. The van der Waals surface area contributed by atoms with Crippen molar-refractivity contribution in [1.82, 2.24) is 0 Å². The van der Waals surface area contributed by atoms with Crippen LogP contribution in [0.15, 0.2) is 24.3 Å². The van der Waals surface area contributed by atoms with Crippen LogP contribution < -0.4 is 33.2 Å². The smallest absolute Gasteiger partial charge is 0.780 e. The molecule has 0 unspecified atom stereocenters. The first-order valence-electron chi connectivity index (χ1n) is 6.82. The third-order valence-electron chi connectivity index (χ3n) is 2.98. The number of hydrogen-bond acceptors (Lipinski definition) is 4. The number of unbranched alkanes of at least 4 members (excludes halogenated alkanes) is 5. The summed E-state index contributed by atoms with van der Waals surface area (Å²) in [6.45, 7) is 2.18. The molecule has 1 aromatic carbocycles. The Kier molecular flexibility index (Phi) is 10.4. The molecular formula is C14H21LiO4P-. The van der Waals surface area contributed by atoms with Gasteiger partial charge in [-0.15, -0.1) is 0 Å². The van der Waals surface area contributed by atoms with Gasteiger partial charge in [-0.2, -0.15) is 0 Å². The van der Waals surface area contributed by atoms with Crippen molar-refractivity contribution < 1.29 is 37.7 Å². The van der Waals surface area contributed by atoms with Crippen LogP contribution in [0.4, 0.5) is 0 Å². The molecule has 0 atom stereocenters. The molecule has 0 aliphatic carbocycles. The average molecular weight is 291 g/mol. The molecule has 0 fully saturated rings. The SMILES string of the molecule is CCCCCCCCc1ccccc1OP(=O)([O-])[O-].[Li+]. The maximum atomic E-state index is 10.7. The Labute approximate surface area is 133 Å². The largest absolute Gasteiger partial charge is 1.00 e. The molecular weight excluding hydrogens is 270 g/mol. The van der Waals surface area contributed by atoms with E-state index in [-0.39, 0.29) is 24.6 Å². The Morgan fingerprint density at radius 1 is 1.05 bits per heavy atom. The van der Waals surface area contributed by atoms with Crippen molar-refractivity contribution in [3.63, 3.8) is 0 Å². The average Bonchev–Trinajstić information content (AvgIpc) is 2.33. The summed E-state index contributed by atoms with van der Waals surface area (Å²) in [5.41, 5.74) is 0.782. The van der Waals surface area contributed by atoms with E-state index >= 15 is 0 Å². The van der Waals surface area contributed by atoms with E-state index in [9.17, 15) is 14.4 Å². The van der Waals surface area contributed by atoms with Gasteiger partial charge >= 0.3 is 18.9 Å². The maximum absolute atomic E-state index is 10.7. The van der Waals surface area contributed by atoms with Gasteiger partial charge in [-0.1, -0.05) is 57.2 Å². The molecule has 0 aliphatic rings. The normalized spacial score (nSPS) is 10.9. The van der Waals surface area contributed by atoms with E-state index in [1.165, 1.54) is 31.7 Å². The van der Waals surface area contributed by atoms with Crippen molar-refractivity contribution in [2.24, 2.45) is 0 Å². The second kappa shape index (κ2) is 10.5. The quantitative estimate of drug-likeness (QED) is 0.359. The Bertz CT molecular complexity index is 419. The number of hydrogen-bond donors (Lipinski definition) is 0. The van der Waals surface area contributed by atoms with Crippen LogP contribution in [0.2, 0.25) is 0 Å². The summed E-state index contributed by atoms with van der Waals surface area (Å²) >= 11 is 0. The number of para-hydroxylation sites is 1. The van der Waals surface area contributed by atoms with Gasteiger partial charge in [-0.05, 0) is 24.5 Å². The molecule has 20 heavy (non-hydrogen) atoms. The first-order chi connectivity index (χ1) is 9.03. The molecule has 108 valence electrons. The van der Waals surface area contributed by atoms with Crippen LogP contribution in [0.5, 0.6) is 5.75 Å². The molecule has 1 rings (SSSR count). The zero-order valence-corrected chi connectivity index (χ0v) is 13.2. The fourth-order valence-electron chi connectivity index (χ4n) is 2.02. The molecule has 0 saturated heterocycles. The van der Waals surface area contributed by atoms with E-state index in [1.54, 1.807) is 12.1 Å². The summed E-state index contributed by atoms with van der Waals surface area (Å²) in [6.07, 6.45) is 7.74. The van der Waals surface area contributed by atoms with E-state index in [2.05, 4.69) is 11.4 Å². The number of benzene rings is 1. The van der Waals surface area contributed by atoms with Crippen LogP contribution in [-0.4, -0.2) is 0 Å². The molecule has 0 bridgehead atoms. The molecule has 0 aromatic heterocycles. The van der Waals surface area contributed by atoms with Crippen molar-refractivity contribution in [2.45, 2.75) is 51.9 Å². The zero-order chi connectivity index (χ0) is 14.1. The number of aryl methyl sites for hydroxylation is 1. The second-order valence-electron chi connectivity index (χ2n) is 4.66. The van der Waals surface area contributed by atoms with E-state index in [4.69, 9.17) is 0 Å². The van der Waals surface area contributed by atoms with Crippen LogP contribution in [-0.2, 0) is 11.0 Å². The van der Waals surface area contributed by atoms with E-state index in [1.807, 2.05) is 6.07 Å². The molecule has 6 heteroatoms. The van der Waals surface area contributed by atoms with E-state index in [0.717, 1.165) is 24.8 Å². The Hall–Kier alpha value is -0.233. The van der Waals surface area contributed by atoms with Gasteiger partial charge in [-0.3, -0.25) is 0 Å². The number of phosphoric ester groups is 1. The minimum absolute atomic E-state index is 0. The van der Waals surface area contributed by atoms with Crippen LogP contribution in [0.25, 0.3) is 0 Å². The third kappa shape index (κ3) is 8.84. The number of phosphoric acid groups is 1. The molecule has 0 aliphatic heterocycles. The maximum Gasteiger partial charge on any atom is 1.00 e. The predicted molar refractivity (Wildman–Crippen MR) is 71.8 cm³/mol. The fraction of sp³-hybridized carbons (Fsp3) is 0.571. The van der Waals surface area contributed by atoms with Crippen molar-refractivity contribution in [1.29, 1.82) is 0 Å². The summed E-state index contributed by atoms with van der Waals surface area (Å²) in [5.74, 6) is 0.171. The molecule has 0 saturated carbocycles. The fourth-order valence-corrected chi connectivity index (χ4v) is 2.43. The van der Waals surface area contributed by atoms with E-state index in [0.29, 0.717) is 0 Å². The van der Waals surface area contributed by atoms with Crippen LogP contribution in [0.3, 0.4) is 0 Å². The van der Waals surface area contributed by atoms with Gasteiger partial charge in [0.25, 0.3) is 0 Å². The monoisotopic (exact) mass is 291 g/mol. The van der Waals surface area contributed by atoms with Gasteiger partial charge in [0.15, 0.2) is 0 Å². The van der Waals surface area contributed by atoms with E-state index < -0.39 is 7.82 Å². The summed E-state index contributed by atoms with van der Waals surface area (Å²) in [7, 11) is -4.97. The molecule has 4 nitrogen and oxygen atoms in total. The van der Waals surface area contributed by atoms with Gasteiger partial charge in [0.05, 0.1) is 0 Å². The van der Waals surface area contributed by atoms with Gasteiger partial charge < -0.3 is 18.9 Å². The summed E-state index contributed by atoms with van der Waals surface area (Å²) < 4.78 is 15.1. The molecule has 0 radical (unpaired) electrons. The second-order valence-corrected chi connectivity index (χ2v) is 5.74. The van der Waals surface area contributed by atoms with Crippen LogP contribution in [0, 0.1) is 0 Å². The molecule has 0 heterocycles. The molecule has 0 spiro atoms. The van der Waals surface area contributed by atoms with Gasteiger partial charge in [-0.25, -0.2) is 0 Å². The van der Waals surface area contributed by atoms with Crippen molar-refractivity contribution in [3.8, 4) is 5.75 Å². The summed E-state index contributed by atoms with van der Waals surface area (Å²) in [6, 6.07) is 6.81. The Morgan fingerprint density at radius 3 is 2.30 bits per heavy atom. The van der Waals surface area contributed by atoms with Crippen molar-refractivity contribution in [2.75, 3.05) is 0 Å². The van der Waals surface area contributed by atoms with Crippen molar-refractivity contribution in [3.05, 3.63) is 29.8 Å². The summed E-state index contributed by atoms with van der Waals surface area (Å²) in [4.78, 5) is 21.3. The topological polar surface area (TPSA) is 72.4 Å². The Balaban J connectivity index is 0.00000361. The van der Waals surface area contributed by atoms with Gasteiger partial charge in [0, 0.05) is 0 Å². The van der Waals surface area contributed by atoms with Crippen LogP contribution >= 0.6 is 7.82 Å².